The monoisotopic (exact) mass is 976 g/mol. The maximum absolute atomic E-state index is 10.9. The molecule has 0 amide bonds. The van der Waals surface area contributed by atoms with Crippen molar-refractivity contribution in [2.24, 2.45) is 0 Å². The van der Waals surface area contributed by atoms with Gasteiger partial charge in [-0.25, -0.2) is 0 Å². The van der Waals surface area contributed by atoms with Crippen LogP contribution in [-0.2, 0) is 5.41 Å². The summed E-state index contributed by atoms with van der Waals surface area (Å²) in [4.78, 5) is 9.37. The normalized spacial score (nSPS) is 17.1. The molecule has 8 nitrogen and oxygen atoms in total. The van der Waals surface area contributed by atoms with Gasteiger partial charge in [-0.2, -0.15) is 0 Å². The van der Waals surface area contributed by atoms with E-state index in [0.29, 0.717) is 24.6 Å². The van der Waals surface area contributed by atoms with Gasteiger partial charge >= 0.3 is 0 Å². The number of aliphatic hydroxyl groups excluding tert-OH is 2. The van der Waals surface area contributed by atoms with Crippen molar-refractivity contribution in [3.63, 3.8) is 0 Å². The van der Waals surface area contributed by atoms with Crippen LogP contribution in [0, 0.1) is 0 Å². The van der Waals surface area contributed by atoms with Gasteiger partial charge in [-0.15, -0.1) is 0 Å². The number of anilines is 2. The first kappa shape index (κ1) is 40.5. The highest BCUT2D eigenvalue weighted by Gasteiger charge is 2.28. The molecule has 284 valence electrons. The Bertz CT molecular complexity index is 1610. The largest absolute Gasteiger partial charge is 0.488 e. The van der Waals surface area contributed by atoms with Crippen LogP contribution in [0.1, 0.15) is 25.0 Å². The van der Waals surface area contributed by atoms with E-state index < -0.39 is 12.2 Å². The lowest BCUT2D eigenvalue weighted by Gasteiger charge is -2.36. The molecule has 2 heterocycles. The molecule has 0 aromatic heterocycles. The number of benzene rings is 4. The SMILES string of the molecule is CC(C)(c1cc(Br)c(OCC(O)CN2CCN(c3ccccc3)CC2)c(Br)c1)c1cc(Br)c(OCC(O)CN2CCN(c3ccccc3)CC2)c(Br)c1. The molecule has 0 saturated carbocycles. The number of nitrogens with zero attached hydrogens (tertiary/aromatic N) is 4. The molecule has 2 N–H and O–H groups in total. The zero-order valence-electron chi connectivity index (χ0n) is 30.2. The second-order valence-corrected chi connectivity index (χ2v) is 17.8. The van der Waals surface area contributed by atoms with Gasteiger partial charge in [0.15, 0.2) is 0 Å². The number of hydrogen-bond acceptors (Lipinski definition) is 8. The van der Waals surface area contributed by atoms with Crippen molar-refractivity contribution >= 4 is 75.1 Å². The Labute approximate surface area is 347 Å². The van der Waals surface area contributed by atoms with Gasteiger partial charge in [0.25, 0.3) is 0 Å². The van der Waals surface area contributed by atoms with Gasteiger partial charge in [0.1, 0.15) is 36.9 Å². The molecule has 12 heteroatoms. The van der Waals surface area contributed by atoms with Crippen molar-refractivity contribution in [3.8, 4) is 11.5 Å². The Morgan fingerprint density at radius 1 is 0.547 bits per heavy atom. The quantitative estimate of drug-likeness (QED) is 0.131. The minimum Gasteiger partial charge on any atom is -0.488 e. The number of rotatable bonds is 14. The maximum atomic E-state index is 10.9. The number of ether oxygens (including phenoxy) is 2. The molecular weight excluding hydrogens is 932 g/mol. The molecule has 4 aromatic rings. The first-order valence-corrected chi connectivity index (χ1v) is 21.3. The molecule has 2 aliphatic heterocycles. The van der Waals surface area contributed by atoms with Gasteiger partial charge in [-0.1, -0.05) is 50.2 Å². The van der Waals surface area contributed by atoms with E-state index in [1.165, 1.54) is 11.4 Å². The number of β-amino-alcohol motifs (C(OH)–C–C–N with tert-alkyl or cyclic N) is 2. The van der Waals surface area contributed by atoms with Gasteiger partial charge in [0.05, 0.1) is 17.9 Å². The molecule has 6 rings (SSSR count). The molecule has 2 aliphatic rings. The first-order valence-electron chi connectivity index (χ1n) is 18.1. The van der Waals surface area contributed by atoms with Crippen LogP contribution in [0.5, 0.6) is 11.5 Å². The van der Waals surface area contributed by atoms with Crippen LogP contribution in [0.25, 0.3) is 0 Å². The Hall–Kier alpha value is -2.16. The summed E-state index contributed by atoms with van der Waals surface area (Å²) in [6.07, 6.45) is -1.22. The Morgan fingerprint density at radius 2 is 0.868 bits per heavy atom. The number of halogens is 4. The summed E-state index contributed by atoms with van der Waals surface area (Å²) >= 11 is 15.0. The Balaban J connectivity index is 0.996. The van der Waals surface area contributed by atoms with Gasteiger partial charge in [0, 0.05) is 82.2 Å². The second-order valence-electron chi connectivity index (χ2n) is 14.3. The third kappa shape index (κ3) is 10.6. The molecule has 0 bridgehead atoms. The fourth-order valence-corrected chi connectivity index (χ4v) is 9.83. The van der Waals surface area contributed by atoms with Crippen LogP contribution in [0.2, 0.25) is 0 Å². The molecule has 0 aliphatic carbocycles. The molecule has 2 fully saturated rings. The summed E-state index contributed by atoms with van der Waals surface area (Å²) in [7, 11) is 0. The van der Waals surface area contributed by atoms with E-state index in [4.69, 9.17) is 9.47 Å². The molecule has 2 saturated heterocycles. The number of piperazine rings is 2. The third-order valence-corrected chi connectivity index (χ3v) is 12.6. The summed E-state index contributed by atoms with van der Waals surface area (Å²) in [5.41, 5.74) is 4.27. The standard InChI is InChI=1S/C41H48Br4N4O4/c1-41(2,29-21-35(42)39(36(43)22-29)52-27-33(50)25-46-13-17-48(18-14-46)31-9-5-3-6-10-31)30-23-37(44)40(38(45)24-30)53-28-34(51)26-47-15-19-49(20-16-47)32-11-7-4-8-12-32/h3-12,21-24,33-34,50-51H,13-20,25-28H2,1-2H3. The molecule has 4 aromatic carbocycles. The predicted molar refractivity (Wildman–Crippen MR) is 229 cm³/mol. The van der Waals surface area contributed by atoms with E-state index >= 15 is 0 Å². The Morgan fingerprint density at radius 3 is 1.19 bits per heavy atom. The van der Waals surface area contributed by atoms with Crippen molar-refractivity contribution < 1.29 is 19.7 Å². The van der Waals surface area contributed by atoms with Crippen molar-refractivity contribution in [1.29, 1.82) is 0 Å². The third-order valence-electron chi connectivity index (χ3n) is 10.2. The highest BCUT2D eigenvalue weighted by molar-refractivity contribution is 9.11. The van der Waals surface area contributed by atoms with Crippen LogP contribution in [0.4, 0.5) is 11.4 Å². The molecule has 0 radical (unpaired) electrons. The van der Waals surface area contributed by atoms with Crippen molar-refractivity contribution in [2.45, 2.75) is 31.5 Å². The van der Waals surface area contributed by atoms with E-state index in [-0.39, 0.29) is 18.6 Å². The van der Waals surface area contributed by atoms with E-state index in [9.17, 15) is 10.2 Å². The average molecular weight is 980 g/mol. The van der Waals surface area contributed by atoms with Gasteiger partial charge in [-0.3, -0.25) is 9.80 Å². The summed E-state index contributed by atoms with van der Waals surface area (Å²) in [6.45, 7) is 13.2. The lowest BCUT2D eigenvalue weighted by Crippen LogP contribution is -2.49. The zero-order chi connectivity index (χ0) is 37.5. The zero-order valence-corrected chi connectivity index (χ0v) is 36.6. The predicted octanol–water partition coefficient (Wildman–Crippen LogP) is 8.19. The summed E-state index contributed by atoms with van der Waals surface area (Å²) in [5.74, 6) is 1.33. The smallest absolute Gasteiger partial charge is 0.147 e. The molecule has 2 unspecified atom stereocenters. The highest BCUT2D eigenvalue weighted by Crippen LogP contribution is 2.44. The lowest BCUT2D eigenvalue weighted by atomic mass is 9.78. The highest BCUT2D eigenvalue weighted by atomic mass is 79.9. The average Bonchev–Trinajstić information content (AvgIpc) is 3.15. The van der Waals surface area contributed by atoms with Gasteiger partial charge in [-0.05, 0) is 123 Å². The molecule has 2 atom stereocenters. The second kappa shape index (κ2) is 18.7. The number of aliphatic hydroxyl groups is 2. The van der Waals surface area contributed by atoms with E-state index in [1.807, 2.05) is 12.1 Å². The summed E-state index contributed by atoms with van der Waals surface area (Å²) < 4.78 is 15.6. The molecular formula is C41H48Br4N4O4. The van der Waals surface area contributed by atoms with Gasteiger partial charge < -0.3 is 29.5 Å². The van der Waals surface area contributed by atoms with E-state index in [1.54, 1.807) is 0 Å². The van der Waals surface area contributed by atoms with E-state index in [2.05, 4.69) is 170 Å². The van der Waals surface area contributed by atoms with Crippen LogP contribution >= 0.6 is 63.7 Å². The topological polar surface area (TPSA) is 71.9 Å². The Kier molecular flexibility index (Phi) is 14.3. The van der Waals surface area contributed by atoms with Crippen molar-refractivity contribution in [3.05, 3.63) is 114 Å². The van der Waals surface area contributed by atoms with E-state index in [0.717, 1.165) is 81.4 Å². The van der Waals surface area contributed by atoms with Crippen LogP contribution < -0.4 is 19.3 Å². The first-order chi connectivity index (χ1) is 25.5. The minimum atomic E-state index is -0.611. The summed E-state index contributed by atoms with van der Waals surface area (Å²) in [5, 5.41) is 21.7. The van der Waals surface area contributed by atoms with Crippen LogP contribution in [-0.4, -0.2) is 111 Å². The minimum absolute atomic E-state index is 0.194. The fourth-order valence-electron chi connectivity index (χ4n) is 7.00. The van der Waals surface area contributed by atoms with Crippen molar-refractivity contribution in [1.82, 2.24) is 9.80 Å². The summed E-state index contributed by atoms with van der Waals surface area (Å²) in [6, 6.07) is 29.3. The van der Waals surface area contributed by atoms with Gasteiger partial charge in [0.2, 0.25) is 0 Å². The lowest BCUT2D eigenvalue weighted by molar-refractivity contribution is 0.0657. The molecule has 0 spiro atoms. The van der Waals surface area contributed by atoms with Crippen LogP contribution in [0.3, 0.4) is 0 Å². The van der Waals surface area contributed by atoms with Crippen molar-refractivity contribution in [2.75, 3.05) is 88.5 Å². The number of para-hydroxylation sites is 2. The van der Waals surface area contributed by atoms with Crippen LogP contribution in [0.15, 0.2) is 103 Å². The maximum Gasteiger partial charge on any atom is 0.147 e. The molecule has 53 heavy (non-hydrogen) atoms. The number of hydrogen-bond donors (Lipinski definition) is 2. The fraction of sp³-hybridized carbons (Fsp3) is 0.415.